The molecule has 0 bridgehead atoms. The fourth-order valence-electron chi connectivity index (χ4n) is 3.32. The first kappa shape index (κ1) is 19.8. The van der Waals surface area contributed by atoms with Crippen LogP contribution in [0.25, 0.3) is 16.9 Å². The maximum atomic E-state index is 13.6. The number of hydrogen-bond donors (Lipinski definition) is 2. The van der Waals surface area contributed by atoms with Gasteiger partial charge < -0.3 is 10.4 Å². The van der Waals surface area contributed by atoms with Crippen LogP contribution in [0.4, 0.5) is 10.2 Å². The van der Waals surface area contributed by atoms with Gasteiger partial charge in [0.25, 0.3) is 0 Å². The fraction of sp³-hybridized carbons (Fsp3) is 0.136. The molecule has 2 aromatic heterocycles. The van der Waals surface area contributed by atoms with Crippen molar-refractivity contribution in [3.05, 3.63) is 81.8 Å². The molecule has 0 aliphatic rings. The van der Waals surface area contributed by atoms with Gasteiger partial charge in [-0.25, -0.2) is 14.2 Å². The zero-order valence-electron chi connectivity index (χ0n) is 16.3. The van der Waals surface area contributed by atoms with Gasteiger partial charge in [0, 0.05) is 24.2 Å². The highest BCUT2D eigenvalue weighted by atomic mass is 35.5. The van der Waals surface area contributed by atoms with Gasteiger partial charge in [-0.1, -0.05) is 29.8 Å². The Labute approximate surface area is 177 Å². The van der Waals surface area contributed by atoms with Crippen molar-refractivity contribution in [3.63, 3.8) is 0 Å². The van der Waals surface area contributed by atoms with Crippen LogP contribution in [0.1, 0.15) is 27.2 Å². The number of nitrogens with zero attached hydrogens (tertiary/aromatic N) is 3. The van der Waals surface area contributed by atoms with Gasteiger partial charge in [-0.3, -0.25) is 0 Å². The molecule has 2 aromatic carbocycles. The fourth-order valence-corrected chi connectivity index (χ4v) is 3.50. The van der Waals surface area contributed by atoms with Crippen LogP contribution in [-0.4, -0.2) is 25.7 Å². The van der Waals surface area contributed by atoms with Crippen LogP contribution < -0.4 is 5.32 Å². The first-order chi connectivity index (χ1) is 14.3. The van der Waals surface area contributed by atoms with E-state index in [4.69, 9.17) is 11.6 Å². The van der Waals surface area contributed by atoms with E-state index in [1.807, 2.05) is 32.0 Å². The van der Waals surface area contributed by atoms with E-state index < -0.39 is 11.8 Å². The number of hydrogen-bond acceptors (Lipinski definition) is 4. The lowest BCUT2D eigenvalue weighted by atomic mass is 10.0. The summed E-state index contributed by atoms with van der Waals surface area (Å²) in [6.07, 6.45) is 0. The van der Waals surface area contributed by atoms with E-state index in [-0.39, 0.29) is 10.7 Å². The molecule has 30 heavy (non-hydrogen) atoms. The number of carbonyl (C=O) groups is 1. The second-order valence-corrected chi connectivity index (χ2v) is 7.39. The van der Waals surface area contributed by atoms with E-state index >= 15 is 0 Å². The summed E-state index contributed by atoms with van der Waals surface area (Å²) in [5, 5.41) is 16.8. The summed E-state index contributed by atoms with van der Waals surface area (Å²) >= 11 is 5.93. The van der Waals surface area contributed by atoms with Crippen molar-refractivity contribution in [2.75, 3.05) is 5.32 Å². The number of benzene rings is 2. The molecule has 0 aliphatic carbocycles. The molecule has 2 heterocycles. The number of carboxylic acids is 1. The Morgan fingerprint density at radius 2 is 1.90 bits per heavy atom. The monoisotopic (exact) mass is 424 g/mol. The van der Waals surface area contributed by atoms with Crippen LogP contribution in [0.3, 0.4) is 0 Å². The van der Waals surface area contributed by atoms with E-state index in [0.29, 0.717) is 29.3 Å². The second-order valence-electron chi connectivity index (χ2n) is 6.98. The second kappa shape index (κ2) is 7.76. The van der Waals surface area contributed by atoms with Gasteiger partial charge in [0.05, 0.1) is 10.7 Å². The van der Waals surface area contributed by atoms with Crippen molar-refractivity contribution in [1.82, 2.24) is 14.6 Å². The number of aryl methyl sites for hydroxylation is 2. The molecule has 0 aliphatic heterocycles. The van der Waals surface area contributed by atoms with Crippen LogP contribution in [0.15, 0.2) is 48.5 Å². The zero-order chi connectivity index (χ0) is 21.4. The van der Waals surface area contributed by atoms with Crippen molar-refractivity contribution in [3.8, 4) is 11.3 Å². The minimum absolute atomic E-state index is 0.0149. The molecule has 2 N–H and O–H groups in total. The molecule has 0 fully saturated rings. The topological polar surface area (TPSA) is 79.5 Å². The first-order valence-electron chi connectivity index (χ1n) is 9.22. The van der Waals surface area contributed by atoms with Crippen molar-refractivity contribution in [2.24, 2.45) is 0 Å². The molecular weight excluding hydrogens is 407 g/mol. The first-order valence-corrected chi connectivity index (χ1v) is 9.60. The number of carboxylic acid groups (broad SMARTS) is 1. The average molecular weight is 425 g/mol. The Balaban J connectivity index is 1.81. The molecule has 0 spiro atoms. The maximum absolute atomic E-state index is 13.6. The predicted octanol–water partition coefficient (Wildman–Crippen LogP) is 5.12. The lowest BCUT2D eigenvalue weighted by Crippen LogP contribution is -2.09. The molecule has 6 nitrogen and oxygen atoms in total. The Morgan fingerprint density at radius 3 is 2.57 bits per heavy atom. The van der Waals surface area contributed by atoms with Crippen molar-refractivity contribution in [1.29, 1.82) is 0 Å². The van der Waals surface area contributed by atoms with E-state index in [0.717, 1.165) is 16.7 Å². The number of aromatic carboxylic acids is 1. The number of nitrogens with one attached hydrogen (secondary N) is 1. The Kier molecular flexibility index (Phi) is 5.13. The maximum Gasteiger partial charge on any atom is 0.356 e. The zero-order valence-corrected chi connectivity index (χ0v) is 17.0. The van der Waals surface area contributed by atoms with Gasteiger partial charge >= 0.3 is 5.97 Å². The molecule has 0 atom stereocenters. The minimum Gasteiger partial charge on any atom is -0.476 e. The van der Waals surface area contributed by atoms with E-state index in [1.54, 1.807) is 12.1 Å². The third-order valence-electron chi connectivity index (χ3n) is 4.95. The summed E-state index contributed by atoms with van der Waals surface area (Å²) in [5.41, 5.74) is 4.79. The summed E-state index contributed by atoms with van der Waals surface area (Å²) in [7, 11) is 0. The Bertz CT molecular complexity index is 1270. The van der Waals surface area contributed by atoms with E-state index in [2.05, 4.69) is 15.4 Å². The number of aromatic nitrogens is 3. The predicted molar refractivity (Wildman–Crippen MR) is 114 cm³/mol. The Morgan fingerprint density at radius 1 is 1.17 bits per heavy atom. The van der Waals surface area contributed by atoms with Gasteiger partial charge in [0.2, 0.25) is 0 Å². The third kappa shape index (κ3) is 3.71. The molecule has 0 saturated carbocycles. The van der Waals surface area contributed by atoms with Gasteiger partial charge in [-0.05, 0) is 48.7 Å². The number of fused-ring (bicyclic) bond motifs is 1. The molecule has 4 aromatic rings. The molecule has 0 amide bonds. The lowest BCUT2D eigenvalue weighted by Gasteiger charge is -2.14. The van der Waals surface area contributed by atoms with E-state index in [9.17, 15) is 14.3 Å². The van der Waals surface area contributed by atoms with Crippen molar-refractivity contribution >= 4 is 29.0 Å². The molecular formula is C22H18ClFN4O2. The SMILES string of the molecule is Cc1cccc(C)c1CNc1cc(-c2ccc(F)c(Cl)c2)nc2cc(C(=O)O)nn12. The normalized spacial score (nSPS) is 11.1. The summed E-state index contributed by atoms with van der Waals surface area (Å²) < 4.78 is 15.0. The largest absolute Gasteiger partial charge is 0.476 e. The Hall–Kier alpha value is -3.45. The van der Waals surface area contributed by atoms with Crippen LogP contribution >= 0.6 is 11.6 Å². The van der Waals surface area contributed by atoms with Crippen molar-refractivity contribution < 1.29 is 14.3 Å². The van der Waals surface area contributed by atoms with Gasteiger partial charge in [0.1, 0.15) is 11.6 Å². The summed E-state index contributed by atoms with van der Waals surface area (Å²) in [6, 6.07) is 13.5. The minimum atomic E-state index is -1.15. The van der Waals surface area contributed by atoms with Gasteiger partial charge in [0.15, 0.2) is 11.3 Å². The highest BCUT2D eigenvalue weighted by Gasteiger charge is 2.15. The molecule has 0 unspecified atom stereocenters. The smallest absolute Gasteiger partial charge is 0.356 e. The molecule has 0 saturated heterocycles. The standard InChI is InChI=1S/C22H18ClFN4O2/c1-12-4-3-5-13(2)15(12)11-25-20-9-18(14-6-7-17(24)16(23)8-14)26-21-10-19(22(29)30)27-28(20)21/h3-10,25H,11H2,1-2H3,(H,29,30). The average Bonchev–Trinajstić information content (AvgIpc) is 3.14. The molecule has 8 heteroatoms. The van der Waals surface area contributed by atoms with Crippen molar-refractivity contribution in [2.45, 2.75) is 20.4 Å². The summed E-state index contributed by atoms with van der Waals surface area (Å²) in [6.45, 7) is 4.59. The highest BCUT2D eigenvalue weighted by Crippen LogP contribution is 2.27. The molecule has 4 rings (SSSR count). The molecule has 152 valence electrons. The van der Waals surface area contributed by atoms with Crippen LogP contribution in [0.5, 0.6) is 0 Å². The number of halogens is 2. The van der Waals surface area contributed by atoms with Gasteiger partial charge in [-0.2, -0.15) is 9.61 Å². The third-order valence-corrected chi connectivity index (χ3v) is 5.24. The quantitative estimate of drug-likeness (QED) is 0.465. The van der Waals surface area contributed by atoms with Crippen LogP contribution in [0, 0.1) is 19.7 Å². The summed E-state index contributed by atoms with van der Waals surface area (Å²) in [5.74, 6) is -1.11. The van der Waals surface area contributed by atoms with Crippen LogP contribution in [0.2, 0.25) is 5.02 Å². The lowest BCUT2D eigenvalue weighted by molar-refractivity contribution is 0.0690. The van der Waals surface area contributed by atoms with E-state index in [1.165, 1.54) is 22.7 Å². The summed E-state index contributed by atoms with van der Waals surface area (Å²) in [4.78, 5) is 15.9. The molecule has 0 radical (unpaired) electrons. The van der Waals surface area contributed by atoms with Crippen LogP contribution in [-0.2, 0) is 6.54 Å². The number of anilines is 1. The highest BCUT2D eigenvalue weighted by molar-refractivity contribution is 6.31. The van der Waals surface area contributed by atoms with Gasteiger partial charge in [-0.15, -0.1) is 0 Å². The number of rotatable bonds is 5.